The van der Waals surface area contributed by atoms with E-state index in [4.69, 9.17) is 15.6 Å². The second kappa shape index (κ2) is 11.7. The van der Waals surface area contributed by atoms with Crippen molar-refractivity contribution in [3.05, 3.63) is 71.1 Å². The predicted octanol–water partition coefficient (Wildman–Crippen LogP) is 3.94. The molecule has 38 heavy (non-hydrogen) atoms. The third-order valence-electron chi connectivity index (χ3n) is 5.33. The average molecular weight is 552 g/mol. The van der Waals surface area contributed by atoms with E-state index in [1.165, 1.54) is 19.2 Å². The summed E-state index contributed by atoms with van der Waals surface area (Å²) in [5.41, 5.74) is 0.453. The molecular formula is C25H24F3N3O6S. The van der Waals surface area contributed by atoms with Crippen LogP contribution in [0.25, 0.3) is 11.5 Å². The van der Waals surface area contributed by atoms with Crippen LogP contribution >= 0.6 is 0 Å². The topological polar surface area (TPSA) is 113 Å². The average Bonchev–Trinajstić information content (AvgIpc) is 3.22. The molecule has 0 saturated carbocycles. The van der Waals surface area contributed by atoms with Gasteiger partial charge in [0.2, 0.25) is 5.89 Å². The van der Waals surface area contributed by atoms with Crippen molar-refractivity contribution < 1.29 is 40.6 Å². The lowest BCUT2D eigenvalue weighted by Crippen LogP contribution is -2.44. The Bertz CT molecular complexity index is 1430. The molecule has 0 aliphatic carbocycles. The minimum absolute atomic E-state index is 0.0402. The number of benzene rings is 2. The highest BCUT2D eigenvalue weighted by Crippen LogP contribution is 2.31. The molecule has 0 spiro atoms. The fourth-order valence-corrected chi connectivity index (χ4v) is 4.57. The zero-order valence-electron chi connectivity index (χ0n) is 20.4. The third kappa shape index (κ3) is 7.12. The number of carbonyl (C=O) groups is 1. The van der Waals surface area contributed by atoms with Gasteiger partial charge in [0.1, 0.15) is 30.4 Å². The third-order valence-corrected chi connectivity index (χ3v) is 7.16. The second-order valence-corrected chi connectivity index (χ2v) is 10.2. The van der Waals surface area contributed by atoms with E-state index in [9.17, 15) is 31.5 Å². The van der Waals surface area contributed by atoms with Gasteiger partial charge in [0.25, 0.3) is 10.2 Å². The maximum Gasteiger partial charge on any atom is 0.416 e. The molecule has 202 valence electrons. The van der Waals surface area contributed by atoms with Gasteiger partial charge in [-0.1, -0.05) is 18.1 Å². The van der Waals surface area contributed by atoms with E-state index in [0.29, 0.717) is 28.3 Å². The molecule has 13 heteroatoms. The van der Waals surface area contributed by atoms with Crippen LogP contribution in [-0.4, -0.2) is 53.2 Å². The summed E-state index contributed by atoms with van der Waals surface area (Å²) in [6.07, 6.45) is 0.734. The van der Waals surface area contributed by atoms with Gasteiger partial charge in [0, 0.05) is 19.2 Å². The molecule has 0 amide bonds. The first-order valence-electron chi connectivity index (χ1n) is 11.0. The molecule has 1 heterocycles. The van der Waals surface area contributed by atoms with Crippen LogP contribution in [0.2, 0.25) is 0 Å². The summed E-state index contributed by atoms with van der Waals surface area (Å²) in [5.74, 6) is 1.77. The summed E-state index contributed by atoms with van der Waals surface area (Å²) >= 11 is 0. The fraction of sp³-hybridized carbons (Fsp3) is 0.280. The SMILES string of the molecule is C#CCN(C)S(=O)(=O)N(CC(=O)O)Cc1cccc(OCc2nc(-c3ccc(C(F)(F)F)cc3)oc2C)c1. The minimum atomic E-state index is -4.45. The minimum Gasteiger partial charge on any atom is -0.487 e. The zero-order valence-corrected chi connectivity index (χ0v) is 21.2. The van der Waals surface area contributed by atoms with Crippen LogP contribution in [-0.2, 0) is 34.3 Å². The molecule has 0 aliphatic rings. The molecule has 1 aromatic heterocycles. The smallest absolute Gasteiger partial charge is 0.416 e. The molecule has 2 aromatic carbocycles. The van der Waals surface area contributed by atoms with Crippen LogP contribution < -0.4 is 4.74 Å². The molecule has 9 nitrogen and oxygen atoms in total. The molecule has 3 rings (SSSR count). The molecule has 1 N–H and O–H groups in total. The number of carboxylic acid groups (broad SMARTS) is 1. The number of hydrogen-bond donors (Lipinski definition) is 1. The molecule has 0 aliphatic heterocycles. The van der Waals surface area contributed by atoms with E-state index >= 15 is 0 Å². The number of carboxylic acids is 1. The van der Waals surface area contributed by atoms with Crippen LogP contribution in [0.3, 0.4) is 0 Å². The number of halogens is 3. The van der Waals surface area contributed by atoms with Crippen molar-refractivity contribution in [2.75, 3.05) is 20.1 Å². The van der Waals surface area contributed by atoms with E-state index in [2.05, 4.69) is 10.9 Å². The van der Waals surface area contributed by atoms with Gasteiger partial charge in [-0.25, -0.2) is 4.98 Å². The largest absolute Gasteiger partial charge is 0.487 e. The highest BCUT2D eigenvalue weighted by molar-refractivity contribution is 7.86. The first kappa shape index (κ1) is 28.7. The number of aryl methyl sites for hydroxylation is 1. The van der Waals surface area contributed by atoms with E-state index in [-0.39, 0.29) is 25.6 Å². The number of aromatic nitrogens is 1. The lowest BCUT2D eigenvalue weighted by Gasteiger charge is -2.25. The van der Waals surface area contributed by atoms with Crippen molar-refractivity contribution in [1.29, 1.82) is 0 Å². The Hall–Kier alpha value is -3.86. The molecule has 0 unspecified atom stereocenters. The number of ether oxygens (including phenoxy) is 1. The predicted molar refractivity (Wildman–Crippen MR) is 131 cm³/mol. The quantitative estimate of drug-likeness (QED) is 0.359. The van der Waals surface area contributed by atoms with Crippen molar-refractivity contribution in [3.63, 3.8) is 0 Å². The Morgan fingerprint density at radius 3 is 2.50 bits per heavy atom. The van der Waals surface area contributed by atoms with Gasteiger partial charge in [-0.05, 0) is 48.9 Å². The summed E-state index contributed by atoms with van der Waals surface area (Å²) in [7, 11) is -2.89. The lowest BCUT2D eigenvalue weighted by atomic mass is 10.1. The van der Waals surface area contributed by atoms with Gasteiger partial charge < -0.3 is 14.3 Å². The van der Waals surface area contributed by atoms with E-state index in [1.807, 2.05) is 0 Å². The van der Waals surface area contributed by atoms with Crippen LogP contribution in [0.4, 0.5) is 13.2 Å². The Kier molecular flexibility index (Phi) is 8.82. The molecular weight excluding hydrogens is 527 g/mol. The first-order chi connectivity index (χ1) is 17.8. The van der Waals surface area contributed by atoms with Gasteiger partial charge in [0.05, 0.1) is 12.1 Å². The summed E-state index contributed by atoms with van der Waals surface area (Å²) in [6, 6.07) is 10.8. The fourth-order valence-electron chi connectivity index (χ4n) is 3.35. The number of oxazole rings is 1. The Labute approximate surface area is 217 Å². The van der Waals surface area contributed by atoms with Crippen molar-refractivity contribution in [2.24, 2.45) is 0 Å². The summed E-state index contributed by atoms with van der Waals surface area (Å²) in [4.78, 5) is 15.6. The standard InChI is InChI=1S/C25H24F3N3O6S/c1-4-12-30(3)38(34,35)31(15-23(32)33)14-18-6-5-7-21(13-18)36-16-22-17(2)37-24(29-22)19-8-10-20(11-9-19)25(26,27)28/h1,5-11,13H,12,14-16H2,2-3H3,(H,32,33). The molecule has 3 aromatic rings. The highest BCUT2D eigenvalue weighted by Gasteiger charge is 2.30. The van der Waals surface area contributed by atoms with Crippen LogP contribution in [0, 0.1) is 19.3 Å². The van der Waals surface area contributed by atoms with Crippen molar-refractivity contribution in [1.82, 2.24) is 13.6 Å². The molecule has 0 fully saturated rings. The monoisotopic (exact) mass is 551 g/mol. The molecule has 0 radical (unpaired) electrons. The lowest BCUT2D eigenvalue weighted by molar-refractivity contribution is -0.138. The van der Waals surface area contributed by atoms with Crippen LogP contribution in [0.15, 0.2) is 52.9 Å². The zero-order chi connectivity index (χ0) is 28.1. The number of alkyl halides is 3. The summed E-state index contributed by atoms with van der Waals surface area (Å²) in [5, 5.41) is 9.21. The van der Waals surface area contributed by atoms with Gasteiger partial charge in [0.15, 0.2) is 0 Å². The second-order valence-electron chi connectivity index (χ2n) is 8.16. The number of hydrogen-bond acceptors (Lipinski definition) is 6. The first-order valence-corrected chi connectivity index (χ1v) is 12.4. The Balaban J connectivity index is 1.73. The maximum atomic E-state index is 12.8. The molecule has 0 atom stereocenters. The number of terminal acetylenes is 1. The normalized spacial score (nSPS) is 12.1. The van der Waals surface area contributed by atoms with Crippen LogP contribution in [0.5, 0.6) is 5.75 Å². The van der Waals surface area contributed by atoms with Crippen molar-refractivity contribution >= 4 is 16.2 Å². The number of rotatable bonds is 11. The van der Waals surface area contributed by atoms with E-state index in [0.717, 1.165) is 20.7 Å². The Morgan fingerprint density at radius 2 is 1.89 bits per heavy atom. The molecule has 0 saturated heterocycles. The van der Waals surface area contributed by atoms with Gasteiger partial charge in [-0.2, -0.15) is 30.2 Å². The maximum absolute atomic E-state index is 12.8. The van der Waals surface area contributed by atoms with Crippen molar-refractivity contribution in [3.8, 4) is 29.5 Å². The number of nitrogens with zero attached hydrogens (tertiary/aromatic N) is 3. The van der Waals surface area contributed by atoms with Crippen LogP contribution in [0.1, 0.15) is 22.6 Å². The summed E-state index contributed by atoms with van der Waals surface area (Å²) < 4.78 is 77.0. The van der Waals surface area contributed by atoms with Gasteiger partial charge in [-0.3, -0.25) is 4.79 Å². The van der Waals surface area contributed by atoms with Crippen molar-refractivity contribution in [2.45, 2.75) is 26.3 Å². The van der Waals surface area contributed by atoms with E-state index < -0.39 is 34.5 Å². The molecule has 0 bridgehead atoms. The number of aliphatic carboxylic acids is 1. The van der Waals surface area contributed by atoms with E-state index in [1.54, 1.807) is 31.2 Å². The van der Waals surface area contributed by atoms with Gasteiger partial charge in [-0.15, -0.1) is 6.42 Å². The Morgan fingerprint density at radius 1 is 1.21 bits per heavy atom. The summed E-state index contributed by atoms with van der Waals surface area (Å²) in [6.45, 7) is 0.348. The highest BCUT2D eigenvalue weighted by atomic mass is 32.2. The van der Waals surface area contributed by atoms with Gasteiger partial charge >= 0.3 is 12.1 Å².